The predicted molar refractivity (Wildman–Crippen MR) is 137 cm³/mol. The van der Waals surface area contributed by atoms with E-state index in [0.717, 1.165) is 16.9 Å². The Kier molecular flexibility index (Phi) is 4.73. The van der Waals surface area contributed by atoms with Gasteiger partial charge in [-0.25, -0.2) is 0 Å². The van der Waals surface area contributed by atoms with Crippen LogP contribution in [0.25, 0.3) is 33.4 Å². The van der Waals surface area contributed by atoms with E-state index in [-0.39, 0.29) is 6.17 Å². The second-order valence-electron chi connectivity index (χ2n) is 8.49. The van der Waals surface area contributed by atoms with Crippen LogP contribution in [0.5, 0.6) is 0 Å². The van der Waals surface area contributed by atoms with Crippen molar-refractivity contribution in [2.45, 2.75) is 13.1 Å². The Morgan fingerprint density at radius 3 is 1.67 bits per heavy atom. The summed E-state index contributed by atoms with van der Waals surface area (Å²) in [5.41, 5.74) is 10.6. The van der Waals surface area contributed by atoms with Gasteiger partial charge >= 0.3 is 0 Å². The Bertz CT molecular complexity index is 1450. The fraction of sp³-hybridized carbons (Fsp3) is 0.0667. The molecule has 3 heteroatoms. The monoisotopic (exact) mass is 427 g/mol. The molecule has 0 fully saturated rings. The van der Waals surface area contributed by atoms with Gasteiger partial charge in [0.1, 0.15) is 6.17 Å². The molecular weight excluding hydrogens is 402 g/mol. The van der Waals surface area contributed by atoms with E-state index in [4.69, 9.17) is 0 Å². The third-order valence-electron chi connectivity index (χ3n) is 6.40. The zero-order chi connectivity index (χ0) is 22.2. The van der Waals surface area contributed by atoms with Crippen molar-refractivity contribution in [3.8, 4) is 11.1 Å². The van der Waals surface area contributed by atoms with Crippen molar-refractivity contribution in [2.75, 3.05) is 0 Å². The second kappa shape index (κ2) is 8.03. The van der Waals surface area contributed by atoms with Gasteiger partial charge in [0.15, 0.2) is 0 Å². The molecule has 1 atom stereocenters. The standard InChI is InChI=1S/C30H25N3/c1-20-27(25-14-8-9-15-26(25)31-20)30-32-28(23-12-6-3-7-13-23)29(33-30)24-18-16-22(17-19-24)21-10-4-2-5-11-21/h2-19,30-33H,1H3. The number of benzene rings is 4. The molecule has 1 aliphatic rings. The lowest BCUT2D eigenvalue weighted by atomic mass is 10.0. The molecule has 0 radical (unpaired) electrons. The van der Waals surface area contributed by atoms with Gasteiger partial charge in [-0.15, -0.1) is 0 Å². The van der Waals surface area contributed by atoms with Crippen LogP contribution < -0.4 is 10.6 Å². The Morgan fingerprint density at radius 1 is 0.515 bits per heavy atom. The number of para-hydroxylation sites is 1. The van der Waals surface area contributed by atoms with Crippen LogP contribution in [0.1, 0.15) is 28.6 Å². The second-order valence-corrected chi connectivity index (χ2v) is 8.49. The van der Waals surface area contributed by atoms with Gasteiger partial charge in [0, 0.05) is 22.2 Å². The van der Waals surface area contributed by atoms with E-state index in [1.807, 2.05) is 0 Å². The van der Waals surface area contributed by atoms with E-state index in [0.29, 0.717) is 0 Å². The number of rotatable bonds is 4. The van der Waals surface area contributed by atoms with Crippen LogP contribution in [0.4, 0.5) is 0 Å². The SMILES string of the molecule is Cc1[nH]c2ccccc2c1C1NC(c2ccccc2)=C(c2ccc(-c3ccccc3)cc2)N1. The summed E-state index contributed by atoms with van der Waals surface area (Å²) < 4.78 is 0. The summed E-state index contributed by atoms with van der Waals surface area (Å²) in [7, 11) is 0. The largest absolute Gasteiger partial charge is 0.359 e. The summed E-state index contributed by atoms with van der Waals surface area (Å²) in [6.07, 6.45) is -0.0137. The average Bonchev–Trinajstić information content (AvgIpc) is 3.45. The topological polar surface area (TPSA) is 39.9 Å². The number of H-pyrrole nitrogens is 1. The van der Waals surface area contributed by atoms with E-state index >= 15 is 0 Å². The molecule has 0 aliphatic carbocycles. The Labute approximate surface area is 193 Å². The molecule has 160 valence electrons. The first-order chi connectivity index (χ1) is 16.3. The van der Waals surface area contributed by atoms with Crippen molar-refractivity contribution in [3.63, 3.8) is 0 Å². The molecule has 5 aromatic rings. The van der Waals surface area contributed by atoms with Crippen LogP contribution in [0.3, 0.4) is 0 Å². The summed E-state index contributed by atoms with van der Waals surface area (Å²) in [5.74, 6) is 0. The molecule has 3 N–H and O–H groups in total. The minimum Gasteiger partial charge on any atom is -0.359 e. The van der Waals surface area contributed by atoms with Crippen molar-refractivity contribution in [2.24, 2.45) is 0 Å². The maximum absolute atomic E-state index is 3.80. The van der Waals surface area contributed by atoms with Gasteiger partial charge < -0.3 is 15.6 Å². The van der Waals surface area contributed by atoms with Crippen molar-refractivity contribution >= 4 is 22.3 Å². The number of fused-ring (bicyclic) bond motifs is 1. The third-order valence-corrected chi connectivity index (χ3v) is 6.40. The summed E-state index contributed by atoms with van der Waals surface area (Å²) in [5, 5.41) is 8.83. The third kappa shape index (κ3) is 3.48. The molecular formula is C30H25N3. The quantitative estimate of drug-likeness (QED) is 0.293. The van der Waals surface area contributed by atoms with Gasteiger partial charge in [0.25, 0.3) is 0 Å². The van der Waals surface area contributed by atoms with Gasteiger partial charge in [0.2, 0.25) is 0 Å². The van der Waals surface area contributed by atoms with E-state index in [1.165, 1.54) is 38.9 Å². The van der Waals surface area contributed by atoms with E-state index in [9.17, 15) is 0 Å². The zero-order valence-corrected chi connectivity index (χ0v) is 18.5. The maximum atomic E-state index is 3.80. The zero-order valence-electron chi connectivity index (χ0n) is 18.5. The van der Waals surface area contributed by atoms with Gasteiger partial charge in [-0.2, -0.15) is 0 Å². The highest BCUT2D eigenvalue weighted by Crippen LogP contribution is 2.36. The maximum Gasteiger partial charge on any atom is 0.126 e. The van der Waals surface area contributed by atoms with Crippen molar-refractivity contribution < 1.29 is 0 Å². The molecule has 4 aromatic carbocycles. The molecule has 0 spiro atoms. The lowest BCUT2D eigenvalue weighted by Crippen LogP contribution is -2.24. The van der Waals surface area contributed by atoms with Crippen molar-refractivity contribution in [1.29, 1.82) is 0 Å². The first kappa shape index (κ1) is 19.4. The highest BCUT2D eigenvalue weighted by molar-refractivity contribution is 5.93. The summed E-state index contributed by atoms with van der Waals surface area (Å²) in [6.45, 7) is 2.15. The Morgan fingerprint density at radius 2 is 1.00 bits per heavy atom. The number of aryl methyl sites for hydroxylation is 1. The van der Waals surface area contributed by atoms with Gasteiger partial charge in [-0.3, -0.25) is 0 Å². The van der Waals surface area contributed by atoms with E-state index in [1.54, 1.807) is 0 Å². The molecule has 6 rings (SSSR count). The minimum absolute atomic E-state index is 0.0137. The van der Waals surface area contributed by atoms with Crippen LogP contribution in [-0.2, 0) is 0 Å². The lowest BCUT2D eigenvalue weighted by Gasteiger charge is -2.16. The summed E-state index contributed by atoms with van der Waals surface area (Å²) >= 11 is 0. The molecule has 0 saturated heterocycles. The molecule has 3 nitrogen and oxygen atoms in total. The number of aromatic nitrogens is 1. The normalized spacial score (nSPS) is 15.5. The van der Waals surface area contributed by atoms with E-state index in [2.05, 4.69) is 132 Å². The van der Waals surface area contributed by atoms with Crippen LogP contribution in [0.2, 0.25) is 0 Å². The van der Waals surface area contributed by atoms with E-state index < -0.39 is 0 Å². The number of nitrogens with one attached hydrogen (secondary N) is 3. The molecule has 1 unspecified atom stereocenters. The molecule has 0 bridgehead atoms. The van der Waals surface area contributed by atoms with Crippen molar-refractivity contribution in [1.82, 2.24) is 15.6 Å². The smallest absolute Gasteiger partial charge is 0.126 e. The van der Waals surface area contributed by atoms with Crippen LogP contribution in [0.15, 0.2) is 109 Å². The number of aromatic amines is 1. The first-order valence-electron chi connectivity index (χ1n) is 11.3. The lowest BCUT2D eigenvalue weighted by molar-refractivity contribution is 0.621. The first-order valence-corrected chi connectivity index (χ1v) is 11.3. The van der Waals surface area contributed by atoms with Gasteiger partial charge in [-0.1, -0.05) is 103 Å². The summed E-state index contributed by atoms with van der Waals surface area (Å²) in [6, 6.07) is 38.4. The molecule has 2 heterocycles. The minimum atomic E-state index is -0.0137. The Balaban J connectivity index is 1.42. The molecule has 0 saturated carbocycles. The number of hydrogen-bond donors (Lipinski definition) is 3. The fourth-order valence-corrected chi connectivity index (χ4v) is 4.80. The number of hydrogen-bond acceptors (Lipinski definition) is 2. The molecule has 0 amide bonds. The Hall–Kier alpha value is -4.24. The van der Waals surface area contributed by atoms with Crippen molar-refractivity contribution in [3.05, 3.63) is 132 Å². The van der Waals surface area contributed by atoms with Crippen LogP contribution >= 0.6 is 0 Å². The molecule has 33 heavy (non-hydrogen) atoms. The van der Waals surface area contributed by atoms with Gasteiger partial charge in [0.05, 0.1) is 11.4 Å². The molecule has 1 aliphatic heterocycles. The van der Waals surface area contributed by atoms with Gasteiger partial charge in [-0.05, 0) is 35.2 Å². The van der Waals surface area contributed by atoms with Crippen LogP contribution in [0, 0.1) is 6.92 Å². The summed E-state index contributed by atoms with van der Waals surface area (Å²) in [4.78, 5) is 3.54. The molecule has 1 aromatic heterocycles. The highest BCUT2D eigenvalue weighted by Gasteiger charge is 2.28. The average molecular weight is 428 g/mol. The van der Waals surface area contributed by atoms with Crippen LogP contribution in [-0.4, -0.2) is 4.98 Å². The fourth-order valence-electron chi connectivity index (χ4n) is 4.80. The predicted octanol–water partition coefficient (Wildman–Crippen LogP) is 6.86. The highest BCUT2D eigenvalue weighted by atomic mass is 15.2.